The predicted octanol–water partition coefficient (Wildman–Crippen LogP) is 3.16. The van der Waals surface area contributed by atoms with Gasteiger partial charge in [-0.05, 0) is 30.2 Å². The van der Waals surface area contributed by atoms with Crippen LogP contribution in [0.2, 0.25) is 5.02 Å². The zero-order valence-corrected chi connectivity index (χ0v) is 7.73. The number of nitrogens with zero attached hydrogens (tertiary/aromatic N) is 1. The van der Waals surface area contributed by atoms with E-state index in [0.717, 1.165) is 24.0 Å². The quantitative estimate of drug-likeness (QED) is 0.684. The Hall–Kier alpha value is -1.00. The first kappa shape index (κ1) is 9.09. The molecule has 0 bridgehead atoms. The molecule has 0 saturated heterocycles. The molecule has 0 aromatic heterocycles. The van der Waals surface area contributed by atoms with E-state index in [0.29, 0.717) is 5.02 Å². The molecule has 0 heterocycles. The number of halogens is 1. The molecule has 2 heteroatoms. The fourth-order valence-corrected chi connectivity index (χ4v) is 1.34. The van der Waals surface area contributed by atoms with Crippen molar-refractivity contribution in [1.29, 1.82) is 5.26 Å². The maximum absolute atomic E-state index is 8.74. The molecule has 0 fully saturated rings. The van der Waals surface area contributed by atoms with Gasteiger partial charge in [0, 0.05) is 5.02 Å². The van der Waals surface area contributed by atoms with Crippen molar-refractivity contribution in [2.75, 3.05) is 0 Å². The molecule has 0 aliphatic carbocycles. The van der Waals surface area contributed by atoms with E-state index < -0.39 is 0 Å². The highest BCUT2D eigenvalue weighted by atomic mass is 35.5. The van der Waals surface area contributed by atoms with Crippen LogP contribution in [0.1, 0.15) is 24.5 Å². The van der Waals surface area contributed by atoms with E-state index in [1.165, 1.54) is 0 Å². The predicted molar refractivity (Wildman–Crippen MR) is 50.2 cm³/mol. The Kier molecular flexibility index (Phi) is 3.13. The highest BCUT2D eigenvalue weighted by molar-refractivity contribution is 6.30. The summed E-state index contributed by atoms with van der Waals surface area (Å²) in [5.41, 5.74) is 1.79. The molecular formula is C10H10ClN. The smallest absolute Gasteiger partial charge is 0.0994 e. The van der Waals surface area contributed by atoms with Crippen molar-refractivity contribution in [3.05, 3.63) is 34.3 Å². The molecule has 0 spiro atoms. The monoisotopic (exact) mass is 179 g/mol. The van der Waals surface area contributed by atoms with Crippen molar-refractivity contribution >= 4 is 11.6 Å². The van der Waals surface area contributed by atoms with E-state index in [9.17, 15) is 0 Å². The minimum Gasteiger partial charge on any atom is -0.192 e. The Morgan fingerprint density at radius 3 is 2.83 bits per heavy atom. The van der Waals surface area contributed by atoms with Crippen LogP contribution in [-0.4, -0.2) is 0 Å². The number of rotatable bonds is 2. The first-order valence-corrected chi connectivity index (χ1v) is 4.34. The van der Waals surface area contributed by atoms with Crippen LogP contribution >= 0.6 is 11.6 Å². The first-order chi connectivity index (χ1) is 5.77. The van der Waals surface area contributed by atoms with Crippen LogP contribution in [-0.2, 0) is 6.42 Å². The first-order valence-electron chi connectivity index (χ1n) is 3.96. The number of hydrogen-bond donors (Lipinski definition) is 0. The molecule has 1 aromatic carbocycles. The summed E-state index contributed by atoms with van der Waals surface area (Å²) < 4.78 is 0. The molecule has 12 heavy (non-hydrogen) atoms. The molecular weight excluding hydrogens is 170 g/mol. The van der Waals surface area contributed by atoms with Crippen LogP contribution in [0.25, 0.3) is 0 Å². The van der Waals surface area contributed by atoms with Gasteiger partial charge in [-0.1, -0.05) is 24.9 Å². The van der Waals surface area contributed by atoms with E-state index in [1.54, 1.807) is 12.1 Å². The molecule has 0 aliphatic heterocycles. The van der Waals surface area contributed by atoms with Crippen LogP contribution in [0, 0.1) is 11.3 Å². The number of aryl methyl sites for hydroxylation is 1. The maximum atomic E-state index is 8.74. The zero-order valence-electron chi connectivity index (χ0n) is 6.97. The second-order valence-electron chi connectivity index (χ2n) is 2.66. The van der Waals surface area contributed by atoms with Crippen molar-refractivity contribution in [1.82, 2.24) is 0 Å². The second kappa shape index (κ2) is 4.13. The zero-order chi connectivity index (χ0) is 8.97. The van der Waals surface area contributed by atoms with Gasteiger partial charge in [0.2, 0.25) is 0 Å². The highest BCUT2D eigenvalue weighted by Crippen LogP contribution is 2.16. The van der Waals surface area contributed by atoms with Crippen molar-refractivity contribution in [2.24, 2.45) is 0 Å². The van der Waals surface area contributed by atoms with E-state index in [2.05, 4.69) is 13.0 Å². The maximum Gasteiger partial charge on any atom is 0.0994 e. The summed E-state index contributed by atoms with van der Waals surface area (Å²) >= 11 is 5.80. The van der Waals surface area contributed by atoms with E-state index >= 15 is 0 Å². The van der Waals surface area contributed by atoms with Gasteiger partial charge < -0.3 is 0 Å². The van der Waals surface area contributed by atoms with Crippen molar-refractivity contribution in [2.45, 2.75) is 19.8 Å². The summed E-state index contributed by atoms with van der Waals surface area (Å²) in [6, 6.07) is 7.53. The number of hydrogen-bond acceptors (Lipinski definition) is 1. The van der Waals surface area contributed by atoms with E-state index in [4.69, 9.17) is 16.9 Å². The van der Waals surface area contributed by atoms with Gasteiger partial charge in [0.25, 0.3) is 0 Å². The fraction of sp³-hybridized carbons (Fsp3) is 0.300. The Labute approximate surface area is 77.6 Å². The van der Waals surface area contributed by atoms with Crippen LogP contribution in [0.3, 0.4) is 0 Å². The summed E-state index contributed by atoms with van der Waals surface area (Å²) in [6.45, 7) is 2.09. The number of nitriles is 1. The number of benzene rings is 1. The van der Waals surface area contributed by atoms with Gasteiger partial charge >= 0.3 is 0 Å². The molecule has 0 aliphatic rings. The second-order valence-corrected chi connectivity index (χ2v) is 3.10. The fourth-order valence-electron chi connectivity index (χ4n) is 1.15. The Morgan fingerprint density at radius 1 is 1.50 bits per heavy atom. The van der Waals surface area contributed by atoms with Gasteiger partial charge in [0.05, 0.1) is 11.6 Å². The average Bonchev–Trinajstić information content (AvgIpc) is 2.05. The SMILES string of the molecule is CCCc1cc(Cl)ccc1C#N. The molecule has 0 N–H and O–H groups in total. The lowest BCUT2D eigenvalue weighted by atomic mass is 10.0. The Bertz CT molecular complexity index is 312. The van der Waals surface area contributed by atoms with Crippen molar-refractivity contribution in [3.63, 3.8) is 0 Å². The molecule has 0 unspecified atom stereocenters. The van der Waals surface area contributed by atoms with Crippen LogP contribution in [0.15, 0.2) is 18.2 Å². The Balaban J connectivity index is 3.06. The summed E-state index contributed by atoms with van der Waals surface area (Å²) in [7, 11) is 0. The summed E-state index contributed by atoms with van der Waals surface area (Å²) in [4.78, 5) is 0. The normalized spacial score (nSPS) is 9.42. The lowest BCUT2D eigenvalue weighted by Gasteiger charge is -2.01. The minimum absolute atomic E-state index is 0.706. The summed E-state index contributed by atoms with van der Waals surface area (Å²) in [6.07, 6.45) is 1.96. The largest absolute Gasteiger partial charge is 0.192 e. The molecule has 0 saturated carbocycles. The van der Waals surface area contributed by atoms with Crippen LogP contribution < -0.4 is 0 Å². The van der Waals surface area contributed by atoms with Gasteiger partial charge in [-0.3, -0.25) is 0 Å². The average molecular weight is 180 g/mol. The molecule has 1 rings (SSSR count). The third-order valence-corrected chi connectivity index (χ3v) is 1.94. The van der Waals surface area contributed by atoms with Gasteiger partial charge in [-0.15, -0.1) is 0 Å². The van der Waals surface area contributed by atoms with Gasteiger partial charge in [0.1, 0.15) is 0 Å². The highest BCUT2D eigenvalue weighted by Gasteiger charge is 2.00. The topological polar surface area (TPSA) is 23.8 Å². The molecule has 1 aromatic rings. The molecule has 0 radical (unpaired) electrons. The third-order valence-electron chi connectivity index (χ3n) is 1.71. The third kappa shape index (κ3) is 1.99. The molecule has 62 valence electrons. The van der Waals surface area contributed by atoms with Gasteiger partial charge in [-0.2, -0.15) is 5.26 Å². The standard InChI is InChI=1S/C10H10ClN/c1-2-3-8-6-10(11)5-4-9(8)7-12/h4-6H,2-3H2,1H3. The molecule has 0 amide bonds. The summed E-state index contributed by atoms with van der Waals surface area (Å²) in [5, 5.41) is 9.45. The molecule has 1 nitrogen and oxygen atoms in total. The minimum atomic E-state index is 0.706. The lowest BCUT2D eigenvalue weighted by molar-refractivity contribution is 0.918. The molecule has 0 atom stereocenters. The lowest BCUT2D eigenvalue weighted by Crippen LogP contribution is -1.88. The Morgan fingerprint density at radius 2 is 2.25 bits per heavy atom. The van der Waals surface area contributed by atoms with E-state index in [-0.39, 0.29) is 0 Å². The van der Waals surface area contributed by atoms with Crippen molar-refractivity contribution in [3.8, 4) is 6.07 Å². The summed E-state index contributed by atoms with van der Waals surface area (Å²) in [5.74, 6) is 0. The van der Waals surface area contributed by atoms with Gasteiger partial charge in [0.15, 0.2) is 0 Å². The van der Waals surface area contributed by atoms with Crippen molar-refractivity contribution < 1.29 is 0 Å². The van der Waals surface area contributed by atoms with E-state index in [1.807, 2.05) is 6.07 Å². The van der Waals surface area contributed by atoms with Gasteiger partial charge in [-0.25, -0.2) is 0 Å². The van der Waals surface area contributed by atoms with Crippen LogP contribution in [0.5, 0.6) is 0 Å². The van der Waals surface area contributed by atoms with Crippen LogP contribution in [0.4, 0.5) is 0 Å².